The first-order valence-corrected chi connectivity index (χ1v) is 18.5. The van der Waals surface area contributed by atoms with Crippen molar-refractivity contribution in [3.8, 4) is 17.2 Å². The Labute approximate surface area is 276 Å². The van der Waals surface area contributed by atoms with Crippen molar-refractivity contribution in [1.29, 1.82) is 0 Å². The van der Waals surface area contributed by atoms with Crippen LogP contribution in [0.4, 0.5) is 0 Å². The van der Waals surface area contributed by atoms with E-state index in [9.17, 15) is 9.46 Å². The highest BCUT2D eigenvalue weighted by Gasteiger charge is 2.27. The second-order valence-electron chi connectivity index (χ2n) is 11.9. The molecule has 0 spiro atoms. The first-order valence-electron chi connectivity index (χ1n) is 17.0. The number of hydrogen-bond donors (Lipinski definition) is 1. The largest absolute Gasteiger partial charge is 0.527 e. The number of phosphoric ester groups is 1. The summed E-state index contributed by atoms with van der Waals surface area (Å²) in [5, 5.41) is 0. The lowest BCUT2D eigenvalue weighted by molar-refractivity contribution is -0.696. The number of hydrogen-bond acceptors (Lipinski definition) is 6. The van der Waals surface area contributed by atoms with Crippen LogP contribution >= 0.6 is 7.82 Å². The number of aromatic nitrogens is 2. The summed E-state index contributed by atoms with van der Waals surface area (Å²) in [6.07, 6.45) is 19.3. The van der Waals surface area contributed by atoms with Crippen LogP contribution < -0.4 is 18.6 Å². The molecule has 46 heavy (non-hydrogen) atoms. The fourth-order valence-corrected chi connectivity index (χ4v) is 6.05. The molecule has 9 nitrogen and oxygen atoms in total. The summed E-state index contributed by atoms with van der Waals surface area (Å²) in [6.45, 7) is 8.37. The maximum atomic E-state index is 12.9. The fraction of sp³-hybridized carbons (Fsp3) is 0.583. The lowest BCUT2D eigenvalue weighted by Gasteiger charge is -2.20. The predicted octanol–water partition coefficient (Wildman–Crippen LogP) is 8.43. The van der Waals surface area contributed by atoms with Gasteiger partial charge < -0.3 is 18.7 Å². The highest BCUT2D eigenvalue weighted by Crippen LogP contribution is 2.45. The minimum Gasteiger partial charge on any atom is -0.493 e. The Bertz CT molecular complexity index is 1320. The number of nitrogens with zero attached hydrogens (tertiary/aromatic N) is 2. The Morgan fingerprint density at radius 3 is 2.17 bits per heavy atom. The third kappa shape index (κ3) is 13.9. The van der Waals surface area contributed by atoms with Gasteiger partial charge in [-0.1, -0.05) is 95.9 Å². The van der Waals surface area contributed by atoms with Gasteiger partial charge in [0.05, 0.1) is 19.8 Å². The molecule has 1 aromatic heterocycles. The molecular formula is C36H56N2O7P+. The van der Waals surface area contributed by atoms with Crippen molar-refractivity contribution in [2.75, 3.05) is 26.9 Å². The van der Waals surface area contributed by atoms with Gasteiger partial charge >= 0.3 is 7.82 Å². The number of para-hydroxylation sites is 1. The third-order valence-electron chi connectivity index (χ3n) is 7.94. The van der Waals surface area contributed by atoms with Gasteiger partial charge in [-0.15, -0.1) is 0 Å². The van der Waals surface area contributed by atoms with Gasteiger partial charge in [0.2, 0.25) is 6.33 Å². The van der Waals surface area contributed by atoms with E-state index >= 15 is 0 Å². The molecule has 256 valence electrons. The van der Waals surface area contributed by atoms with Crippen LogP contribution in [0.25, 0.3) is 0 Å². The standard InChI is InChI=1S/C36H55N2O7P/c1-5-7-8-9-10-11-12-13-14-17-26-42-34-21-18-22-35(31(34)3)43-28-33(41-4)29-44-46(39,40)45-36-20-16-15-19-32(36)27-38-25-24-37(30-38)23-6-2/h15-16,18-22,24-25,30,33H,5-14,17,23,26-29H2,1-4H3/p+1. The Kier molecular flexibility index (Phi) is 17.3. The van der Waals surface area contributed by atoms with E-state index < -0.39 is 13.9 Å². The monoisotopic (exact) mass is 659 g/mol. The zero-order chi connectivity index (χ0) is 33.0. The molecule has 0 aliphatic rings. The number of ether oxygens (including phenoxy) is 3. The van der Waals surface area contributed by atoms with Crippen LogP contribution in [0.2, 0.25) is 0 Å². The molecule has 3 aromatic rings. The van der Waals surface area contributed by atoms with E-state index in [4.69, 9.17) is 23.3 Å². The van der Waals surface area contributed by atoms with Crippen molar-refractivity contribution in [2.45, 2.75) is 111 Å². The normalized spacial score (nSPS) is 13.3. The molecule has 2 aromatic carbocycles. The fourth-order valence-electron chi connectivity index (χ4n) is 5.22. The van der Waals surface area contributed by atoms with Gasteiger partial charge in [-0.2, -0.15) is 0 Å². The van der Waals surface area contributed by atoms with E-state index in [0.717, 1.165) is 36.3 Å². The molecule has 0 aliphatic carbocycles. The average Bonchev–Trinajstić information content (AvgIpc) is 3.49. The molecule has 0 radical (unpaired) electrons. The van der Waals surface area contributed by atoms with Gasteiger partial charge in [0.25, 0.3) is 0 Å². The molecule has 1 heterocycles. The summed E-state index contributed by atoms with van der Waals surface area (Å²) in [5.41, 5.74) is 1.66. The molecule has 2 atom stereocenters. The Morgan fingerprint density at radius 1 is 0.826 bits per heavy atom. The Balaban J connectivity index is 1.41. The van der Waals surface area contributed by atoms with E-state index in [1.807, 2.05) is 60.5 Å². The van der Waals surface area contributed by atoms with E-state index in [-0.39, 0.29) is 13.2 Å². The number of aryl methyl sites for hydroxylation is 1. The molecule has 0 amide bonds. The number of unbranched alkanes of at least 4 members (excludes halogenated alkanes) is 9. The van der Waals surface area contributed by atoms with Crippen molar-refractivity contribution in [2.24, 2.45) is 0 Å². The number of benzene rings is 2. The molecule has 0 saturated heterocycles. The van der Waals surface area contributed by atoms with Crippen LogP contribution in [0, 0.1) is 6.92 Å². The van der Waals surface area contributed by atoms with E-state index in [1.54, 1.807) is 12.1 Å². The van der Waals surface area contributed by atoms with Crippen LogP contribution in [0.5, 0.6) is 17.2 Å². The topological polar surface area (TPSA) is 92.3 Å². The van der Waals surface area contributed by atoms with E-state index in [2.05, 4.69) is 18.4 Å². The number of phosphoric acid groups is 1. The second kappa shape index (κ2) is 21.1. The van der Waals surface area contributed by atoms with Gasteiger partial charge in [-0.25, -0.2) is 13.7 Å². The van der Waals surface area contributed by atoms with Crippen LogP contribution in [0.3, 0.4) is 0 Å². The molecule has 0 saturated carbocycles. The summed E-state index contributed by atoms with van der Waals surface area (Å²) in [7, 11) is -2.92. The highest BCUT2D eigenvalue weighted by atomic mass is 31.2. The SMILES string of the molecule is CCCCCCCCCCCCOc1cccc(OCC(COP(=O)(O)Oc2ccccc2Cn2cc[n+](CCC)c2)OC)c1C. The minimum absolute atomic E-state index is 0.126. The van der Waals surface area contributed by atoms with Crippen LogP contribution in [0.1, 0.15) is 95.6 Å². The second-order valence-corrected chi connectivity index (χ2v) is 13.2. The summed E-state index contributed by atoms with van der Waals surface area (Å²) < 4.78 is 45.4. The number of methoxy groups -OCH3 is 1. The molecule has 10 heteroatoms. The smallest absolute Gasteiger partial charge is 0.493 e. The third-order valence-corrected chi connectivity index (χ3v) is 8.84. The first-order chi connectivity index (χ1) is 22.3. The van der Waals surface area contributed by atoms with Crippen LogP contribution in [-0.4, -0.2) is 42.5 Å². The quantitative estimate of drug-likeness (QED) is 0.0555. The van der Waals surface area contributed by atoms with Crippen molar-refractivity contribution < 1.29 is 37.3 Å². The number of rotatable bonds is 25. The van der Waals surface area contributed by atoms with Crippen molar-refractivity contribution in [3.63, 3.8) is 0 Å². The molecule has 0 aliphatic heterocycles. The minimum atomic E-state index is -4.43. The van der Waals surface area contributed by atoms with Gasteiger partial charge in [0.15, 0.2) is 0 Å². The van der Waals surface area contributed by atoms with Crippen molar-refractivity contribution in [1.82, 2.24) is 4.57 Å². The van der Waals surface area contributed by atoms with Crippen LogP contribution in [0.15, 0.2) is 61.2 Å². The Hall–Kier alpha value is -2.84. The van der Waals surface area contributed by atoms with Crippen molar-refractivity contribution in [3.05, 3.63) is 72.3 Å². The highest BCUT2D eigenvalue weighted by molar-refractivity contribution is 7.47. The van der Waals surface area contributed by atoms with Gasteiger partial charge in [-0.3, -0.25) is 9.42 Å². The summed E-state index contributed by atoms with van der Waals surface area (Å²) >= 11 is 0. The van der Waals surface area contributed by atoms with Crippen molar-refractivity contribution >= 4 is 7.82 Å². The maximum Gasteiger partial charge on any atom is 0.527 e. The molecule has 0 fully saturated rings. The molecule has 1 N–H and O–H groups in total. The van der Waals surface area contributed by atoms with Gasteiger partial charge in [0.1, 0.15) is 48.9 Å². The predicted molar refractivity (Wildman–Crippen MR) is 182 cm³/mol. The lowest BCUT2D eigenvalue weighted by atomic mass is 10.1. The summed E-state index contributed by atoms with van der Waals surface area (Å²) in [5.74, 6) is 1.76. The Morgan fingerprint density at radius 2 is 1.48 bits per heavy atom. The molecular weight excluding hydrogens is 603 g/mol. The lowest BCUT2D eigenvalue weighted by Crippen LogP contribution is -2.30. The van der Waals surface area contributed by atoms with Gasteiger partial charge in [-0.05, 0) is 38.0 Å². The summed E-state index contributed by atoms with van der Waals surface area (Å²) in [6, 6.07) is 12.9. The van der Waals surface area contributed by atoms with E-state index in [1.165, 1.54) is 64.9 Å². The van der Waals surface area contributed by atoms with Crippen LogP contribution in [-0.2, 0) is 26.9 Å². The first kappa shape index (κ1) is 37.6. The zero-order valence-corrected chi connectivity index (χ0v) is 29.3. The zero-order valence-electron chi connectivity index (χ0n) is 28.4. The maximum absolute atomic E-state index is 12.9. The number of imidazole rings is 1. The molecule has 3 rings (SSSR count). The van der Waals surface area contributed by atoms with Gasteiger partial charge in [0, 0.05) is 18.2 Å². The molecule has 0 bridgehead atoms. The summed E-state index contributed by atoms with van der Waals surface area (Å²) in [4.78, 5) is 10.5. The average molecular weight is 660 g/mol. The molecule has 2 unspecified atom stereocenters. The van der Waals surface area contributed by atoms with E-state index in [0.29, 0.717) is 24.7 Å².